The van der Waals surface area contributed by atoms with Crippen molar-refractivity contribution in [1.29, 1.82) is 0 Å². The summed E-state index contributed by atoms with van der Waals surface area (Å²) in [5.41, 5.74) is 7.36. The Morgan fingerprint density at radius 2 is 1.21 bits per heavy atom. The maximum absolute atomic E-state index is 3.60. The predicted molar refractivity (Wildman–Crippen MR) is 124 cm³/mol. The van der Waals surface area contributed by atoms with Gasteiger partial charge in [-0.05, 0) is 59.7 Å². The van der Waals surface area contributed by atoms with Gasteiger partial charge < -0.3 is 10.2 Å². The highest BCUT2D eigenvalue weighted by atomic mass is 32.2. The minimum atomic E-state index is 1.18. The molecule has 4 heteroatoms. The summed E-state index contributed by atoms with van der Waals surface area (Å²) >= 11 is 3.68. The van der Waals surface area contributed by atoms with E-state index in [1.807, 2.05) is 23.5 Å². The summed E-state index contributed by atoms with van der Waals surface area (Å²) in [7, 11) is 2.16. The Kier molecular flexibility index (Phi) is 3.89. The van der Waals surface area contributed by atoms with Crippen LogP contribution in [0.5, 0.6) is 0 Å². The molecule has 0 atom stereocenters. The van der Waals surface area contributed by atoms with E-state index in [1.54, 1.807) is 0 Å². The van der Waals surface area contributed by atoms with Crippen LogP contribution in [-0.4, -0.2) is 7.05 Å². The highest BCUT2D eigenvalue weighted by molar-refractivity contribution is 8.00. The van der Waals surface area contributed by atoms with Crippen molar-refractivity contribution in [3.05, 3.63) is 84.9 Å². The summed E-state index contributed by atoms with van der Waals surface area (Å²) < 4.78 is 0. The first-order valence-corrected chi connectivity index (χ1v) is 11.2. The summed E-state index contributed by atoms with van der Waals surface area (Å²) in [5, 5.41) is 3.60. The molecule has 0 aliphatic carbocycles. The second-order valence-corrected chi connectivity index (χ2v) is 9.41. The zero-order valence-electron chi connectivity index (χ0n) is 15.8. The average molecular weight is 411 g/mol. The predicted octanol–water partition coefficient (Wildman–Crippen LogP) is 7.79. The van der Waals surface area contributed by atoms with E-state index in [0.717, 1.165) is 0 Å². The van der Waals surface area contributed by atoms with Gasteiger partial charge >= 0.3 is 0 Å². The molecule has 1 N–H and O–H groups in total. The van der Waals surface area contributed by atoms with Crippen molar-refractivity contribution < 1.29 is 0 Å². The standard InChI is InChI=1S/C25H18N2S2/c1-27-20-7-3-5-9-24(20)29-25-13-11-17(15-21(25)27)16-10-12-23-19(14-16)26-18-6-2-4-8-22(18)28-23/h2-15,26H,1H3. The number of hydrogen-bond acceptors (Lipinski definition) is 4. The van der Waals surface area contributed by atoms with Crippen molar-refractivity contribution in [1.82, 2.24) is 0 Å². The number of anilines is 4. The number of rotatable bonds is 1. The van der Waals surface area contributed by atoms with Crippen LogP contribution in [0.3, 0.4) is 0 Å². The number of fused-ring (bicyclic) bond motifs is 4. The van der Waals surface area contributed by atoms with E-state index in [1.165, 1.54) is 53.5 Å². The quantitative estimate of drug-likeness (QED) is 0.303. The molecule has 0 aromatic heterocycles. The third kappa shape index (κ3) is 2.83. The summed E-state index contributed by atoms with van der Waals surface area (Å²) in [6.45, 7) is 0. The Labute approximate surface area is 179 Å². The second-order valence-electron chi connectivity index (χ2n) is 7.25. The lowest BCUT2D eigenvalue weighted by atomic mass is 10.0. The van der Waals surface area contributed by atoms with Gasteiger partial charge in [0.2, 0.25) is 0 Å². The number of benzene rings is 4. The van der Waals surface area contributed by atoms with Gasteiger partial charge in [-0.1, -0.05) is 59.9 Å². The molecule has 0 unspecified atom stereocenters. The van der Waals surface area contributed by atoms with Gasteiger partial charge in [0.15, 0.2) is 0 Å². The van der Waals surface area contributed by atoms with Crippen LogP contribution in [0.25, 0.3) is 11.1 Å². The van der Waals surface area contributed by atoms with Crippen molar-refractivity contribution in [3.63, 3.8) is 0 Å². The summed E-state index contributed by atoms with van der Waals surface area (Å²) in [6.07, 6.45) is 0. The third-order valence-corrected chi connectivity index (χ3v) is 7.74. The maximum Gasteiger partial charge on any atom is 0.0556 e. The number of hydrogen-bond donors (Lipinski definition) is 1. The first-order valence-electron chi connectivity index (χ1n) is 9.59. The minimum Gasteiger partial charge on any atom is -0.354 e. The normalized spacial score (nSPS) is 13.6. The Morgan fingerprint density at radius 1 is 0.586 bits per heavy atom. The van der Waals surface area contributed by atoms with Crippen LogP contribution >= 0.6 is 23.5 Å². The van der Waals surface area contributed by atoms with Crippen LogP contribution in [0.1, 0.15) is 0 Å². The van der Waals surface area contributed by atoms with E-state index >= 15 is 0 Å². The number of nitrogens with zero attached hydrogens (tertiary/aromatic N) is 1. The average Bonchev–Trinajstić information content (AvgIpc) is 2.77. The number of nitrogens with one attached hydrogen (secondary N) is 1. The minimum absolute atomic E-state index is 1.18. The lowest BCUT2D eigenvalue weighted by molar-refractivity contribution is 1.11. The molecule has 2 heterocycles. The van der Waals surface area contributed by atoms with Crippen molar-refractivity contribution in [3.8, 4) is 11.1 Å². The molecule has 0 fully saturated rings. The van der Waals surface area contributed by atoms with Gasteiger partial charge in [0.05, 0.1) is 22.7 Å². The molecule has 2 nitrogen and oxygen atoms in total. The van der Waals surface area contributed by atoms with Crippen LogP contribution in [0.15, 0.2) is 105 Å². The van der Waals surface area contributed by atoms with E-state index in [2.05, 4.69) is 102 Å². The van der Waals surface area contributed by atoms with E-state index < -0.39 is 0 Å². The zero-order valence-corrected chi connectivity index (χ0v) is 17.5. The Bertz CT molecular complexity index is 1270. The van der Waals surface area contributed by atoms with Gasteiger partial charge in [0, 0.05) is 26.6 Å². The van der Waals surface area contributed by atoms with Gasteiger partial charge in [-0.25, -0.2) is 0 Å². The highest BCUT2D eigenvalue weighted by Gasteiger charge is 2.21. The van der Waals surface area contributed by atoms with Crippen LogP contribution in [0.2, 0.25) is 0 Å². The van der Waals surface area contributed by atoms with Crippen molar-refractivity contribution >= 4 is 46.3 Å². The van der Waals surface area contributed by atoms with E-state index in [4.69, 9.17) is 0 Å². The second kappa shape index (κ2) is 6.61. The van der Waals surface area contributed by atoms with Crippen LogP contribution < -0.4 is 10.2 Å². The fourth-order valence-electron chi connectivity index (χ4n) is 3.93. The maximum atomic E-state index is 3.60. The summed E-state index contributed by atoms with van der Waals surface area (Å²) in [4.78, 5) is 7.46. The molecule has 29 heavy (non-hydrogen) atoms. The van der Waals surface area contributed by atoms with Crippen molar-refractivity contribution in [2.24, 2.45) is 0 Å². The third-order valence-electron chi connectivity index (χ3n) is 5.46. The van der Waals surface area contributed by atoms with Gasteiger partial charge in [0.25, 0.3) is 0 Å². The molecule has 4 aromatic carbocycles. The molecule has 2 aliphatic rings. The Morgan fingerprint density at radius 3 is 2.10 bits per heavy atom. The Balaban J connectivity index is 1.39. The molecule has 2 aliphatic heterocycles. The van der Waals surface area contributed by atoms with E-state index in [0.29, 0.717) is 0 Å². The molecule has 0 bridgehead atoms. The SMILES string of the molecule is CN1c2ccccc2Sc2ccc(-c3ccc4c(c3)Nc3ccccc3S4)cc21. The summed E-state index contributed by atoms with van der Waals surface area (Å²) in [5.74, 6) is 0. The lowest BCUT2D eigenvalue weighted by Gasteiger charge is -2.30. The van der Waals surface area contributed by atoms with Crippen molar-refractivity contribution in [2.45, 2.75) is 19.6 Å². The molecule has 0 saturated carbocycles. The molecule has 140 valence electrons. The monoisotopic (exact) mass is 410 g/mol. The zero-order chi connectivity index (χ0) is 19.4. The molecule has 0 saturated heterocycles. The smallest absolute Gasteiger partial charge is 0.0556 e. The molecule has 0 amide bonds. The van der Waals surface area contributed by atoms with E-state index in [9.17, 15) is 0 Å². The largest absolute Gasteiger partial charge is 0.354 e. The summed E-state index contributed by atoms with van der Waals surface area (Å²) in [6, 6.07) is 30.6. The number of para-hydroxylation sites is 2. The highest BCUT2D eigenvalue weighted by Crippen LogP contribution is 2.49. The first-order chi connectivity index (χ1) is 14.3. The van der Waals surface area contributed by atoms with Gasteiger partial charge in [-0.2, -0.15) is 0 Å². The lowest BCUT2D eigenvalue weighted by Crippen LogP contribution is -2.14. The van der Waals surface area contributed by atoms with Gasteiger partial charge in [-0.3, -0.25) is 0 Å². The van der Waals surface area contributed by atoms with E-state index in [-0.39, 0.29) is 0 Å². The fraction of sp³-hybridized carbons (Fsp3) is 0.0400. The molecule has 6 rings (SSSR count). The van der Waals surface area contributed by atoms with Crippen molar-refractivity contribution in [2.75, 3.05) is 17.3 Å². The van der Waals surface area contributed by atoms with Gasteiger partial charge in [-0.15, -0.1) is 0 Å². The van der Waals surface area contributed by atoms with Gasteiger partial charge in [0.1, 0.15) is 0 Å². The Hall–Kier alpha value is -2.82. The molecular weight excluding hydrogens is 392 g/mol. The topological polar surface area (TPSA) is 15.3 Å². The fourth-order valence-corrected chi connectivity index (χ4v) is 6.03. The molecular formula is C25H18N2S2. The first kappa shape index (κ1) is 17.1. The molecule has 0 spiro atoms. The molecule has 0 radical (unpaired) electrons. The van der Waals surface area contributed by atoms with Crippen LogP contribution in [0.4, 0.5) is 22.7 Å². The molecule has 4 aromatic rings. The van der Waals surface area contributed by atoms with Crippen LogP contribution in [0, 0.1) is 0 Å². The van der Waals surface area contributed by atoms with Crippen LogP contribution in [-0.2, 0) is 0 Å².